The van der Waals surface area contributed by atoms with E-state index >= 15 is 0 Å². The third-order valence-corrected chi connectivity index (χ3v) is 6.40. The van der Waals surface area contributed by atoms with Crippen LogP contribution in [0.2, 0.25) is 0 Å². The van der Waals surface area contributed by atoms with Crippen LogP contribution >= 0.6 is 21.6 Å². The van der Waals surface area contributed by atoms with Crippen molar-refractivity contribution in [2.75, 3.05) is 0 Å². The Bertz CT molecular complexity index is 601. The molecule has 0 amide bonds. The average Bonchev–Trinajstić information content (AvgIpc) is 2.51. The molecule has 0 heterocycles. The second-order valence-electron chi connectivity index (χ2n) is 8.43. The summed E-state index contributed by atoms with van der Waals surface area (Å²) in [5.41, 5.74) is 6.13. The summed E-state index contributed by atoms with van der Waals surface area (Å²) >= 11 is 0. The quantitative estimate of drug-likeness (QED) is 0.404. The van der Waals surface area contributed by atoms with E-state index in [1.807, 2.05) is 21.6 Å². The zero-order chi connectivity index (χ0) is 17.8. The van der Waals surface area contributed by atoms with Gasteiger partial charge < -0.3 is 0 Å². The summed E-state index contributed by atoms with van der Waals surface area (Å²) in [6.45, 7) is 13.6. The van der Waals surface area contributed by atoms with Crippen molar-refractivity contribution in [1.29, 1.82) is 0 Å². The average molecular weight is 359 g/mol. The Balaban J connectivity index is 1.88. The minimum Gasteiger partial charge on any atom is -0.0890 e. The molecular formula is C22H30S2. The van der Waals surface area contributed by atoms with Crippen molar-refractivity contribution in [3.63, 3.8) is 0 Å². The van der Waals surface area contributed by atoms with Gasteiger partial charge in [-0.2, -0.15) is 0 Å². The largest absolute Gasteiger partial charge is 0.0890 e. The van der Waals surface area contributed by atoms with Gasteiger partial charge in [0.15, 0.2) is 0 Å². The Morgan fingerprint density at radius 1 is 0.625 bits per heavy atom. The minimum atomic E-state index is 0.223. The van der Waals surface area contributed by atoms with E-state index in [-0.39, 0.29) is 10.8 Å². The van der Waals surface area contributed by atoms with Gasteiger partial charge in [-0.1, -0.05) is 112 Å². The van der Waals surface area contributed by atoms with E-state index in [1.165, 1.54) is 22.3 Å². The van der Waals surface area contributed by atoms with Gasteiger partial charge in [-0.15, -0.1) is 0 Å². The Labute approximate surface area is 156 Å². The molecule has 2 aromatic rings. The molecule has 2 aromatic carbocycles. The van der Waals surface area contributed by atoms with Gasteiger partial charge in [0.05, 0.1) is 0 Å². The second kappa shape index (κ2) is 8.01. The van der Waals surface area contributed by atoms with Crippen LogP contribution in [0.3, 0.4) is 0 Å². The second-order valence-corrected chi connectivity index (χ2v) is 10.9. The normalized spacial score (nSPS) is 12.4. The van der Waals surface area contributed by atoms with Gasteiger partial charge in [0, 0.05) is 11.5 Å². The van der Waals surface area contributed by atoms with Crippen LogP contribution in [0.25, 0.3) is 0 Å². The van der Waals surface area contributed by atoms with Crippen LogP contribution in [0.4, 0.5) is 0 Å². The molecule has 0 aliphatic heterocycles. The predicted molar refractivity (Wildman–Crippen MR) is 113 cm³/mol. The van der Waals surface area contributed by atoms with E-state index in [9.17, 15) is 0 Å². The molecule has 24 heavy (non-hydrogen) atoms. The highest BCUT2D eigenvalue weighted by Crippen LogP contribution is 2.32. The first-order chi connectivity index (χ1) is 11.2. The maximum absolute atomic E-state index is 2.35. The van der Waals surface area contributed by atoms with Crippen molar-refractivity contribution in [2.24, 2.45) is 0 Å². The van der Waals surface area contributed by atoms with E-state index < -0.39 is 0 Å². The number of benzene rings is 2. The highest BCUT2D eigenvalue weighted by molar-refractivity contribution is 8.76. The standard InChI is InChI=1S/C22H30S2/c1-21(2,3)19-11-7-9-17(13-19)15-23-24-16-18-10-8-12-20(14-18)22(4,5)6/h7-14H,15-16H2,1-6H3. The van der Waals surface area contributed by atoms with Crippen LogP contribution in [0, 0.1) is 0 Å². The van der Waals surface area contributed by atoms with Gasteiger partial charge in [0.1, 0.15) is 0 Å². The summed E-state index contributed by atoms with van der Waals surface area (Å²) in [6, 6.07) is 18.0. The fourth-order valence-electron chi connectivity index (χ4n) is 2.47. The van der Waals surface area contributed by atoms with Crippen molar-refractivity contribution in [3.8, 4) is 0 Å². The SMILES string of the molecule is CC(C)(C)c1cccc(CSSCc2cccc(C(C)(C)C)c2)c1. The third kappa shape index (κ3) is 5.89. The van der Waals surface area contributed by atoms with E-state index in [0.29, 0.717) is 0 Å². The third-order valence-electron chi connectivity index (χ3n) is 4.12. The monoisotopic (exact) mass is 358 g/mol. The topological polar surface area (TPSA) is 0 Å². The Morgan fingerprint density at radius 2 is 1.00 bits per heavy atom. The summed E-state index contributed by atoms with van der Waals surface area (Å²) in [6.07, 6.45) is 0. The van der Waals surface area contributed by atoms with Gasteiger partial charge in [-0.25, -0.2) is 0 Å². The maximum Gasteiger partial charge on any atom is 0.0288 e. The summed E-state index contributed by atoms with van der Waals surface area (Å²) in [4.78, 5) is 0. The number of hydrogen-bond acceptors (Lipinski definition) is 2. The van der Waals surface area contributed by atoms with Gasteiger partial charge in [-0.3, -0.25) is 0 Å². The zero-order valence-electron chi connectivity index (χ0n) is 15.8. The Hall–Kier alpha value is -0.860. The van der Waals surface area contributed by atoms with E-state index in [0.717, 1.165) is 11.5 Å². The molecule has 0 saturated heterocycles. The first kappa shape index (κ1) is 19.5. The lowest BCUT2D eigenvalue weighted by molar-refractivity contribution is 0.589. The molecule has 0 atom stereocenters. The van der Waals surface area contributed by atoms with Crippen LogP contribution in [0.15, 0.2) is 48.5 Å². The highest BCUT2D eigenvalue weighted by Gasteiger charge is 2.14. The molecule has 0 unspecified atom stereocenters. The van der Waals surface area contributed by atoms with Crippen LogP contribution < -0.4 is 0 Å². The van der Waals surface area contributed by atoms with E-state index in [4.69, 9.17) is 0 Å². The maximum atomic E-state index is 2.35. The molecule has 0 nitrogen and oxygen atoms in total. The molecular weight excluding hydrogens is 328 g/mol. The molecule has 2 rings (SSSR count). The molecule has 0 aliphatic rings. The van der Waals surface area contributed by atoms with Crippen molar-refractivity contribution in [3.05, 3.63) is 70.8 Å². The molecule has 0 aliphatic carbocycles. The van der Waals surface area contributed by atoms with Gasteiger partial charge in [-0.05, 0) is 33.1 Å². The first-order valence-electron chi connectivity index (χ1n) is 8.59. The molecule has 130 valence electrons. The van der Waals surface area contributed by atoms with Crippen molar-refractivity contribution in [2.45, 2.75) is 63.9 Å². The highest BCUT2D eigenvalue weighted by atomic mass is 33.1. The van der Waals surface area contributed by atoms with Gasteiger partial charge >= 0.3 is 0 Å². The lowest BCUT2D eigenvalue weighted by Crippen LogP contribution is -2.11. The van der Waals surface area contributed by atoms with Crippen molar-refractivity contribution < 1.29 is 0 Å². The molecule has 0 bridgehead atoms. The Kier molecular flexibility index (Phi) is 6.50. The molecule has 0 fully saturated rings. The fourth-order valence-corrected chi connectivity index (χ4v) is 4.59. The number of rotatable bonds is 5. The molecule has 0 radical (unpaired) electrons. The van der Waals surface area contributed by atoms with Crippen LogP contribution in [-0.4, -0.2) is 0 Å². The summed E-state index contributed by atoms with van der Waals surface area (Å²) in [5.74, 6) is 2.13. The van der Waals surface area contributed by atoms with E-state index in [1.54, 1.807) is 0 Å². The lowest BCUT2D eigenvalue weighted by atomic mass is 9.86. The van der Waals surface area contributed by atoms with Crippen LogP contribution in [0.1, 0.15) is 63.8 Å². The molecule has 0 saturated carbocycles. The van der Waals surface area contributed by atoms with Gasteiger partial charge in [0.2, 0.25) is 0 Å². The zero-order valence-corrected chi connectivity index (χ0v) is 17.5. The molecule has 0 spiro atoms. The number of hydrogen-bond donors (Lipinski definition) is 0. The van der Waals surface area contributed by atoms with Crippen LogP contribution in [0.5, 0.6) is 0 Å². The smallest absolute Gasteiger partial charge is 0.0288 e. The summed E-state index contributed by atoms with van der Waals surface area (Å²) in [5, 5.41) is 0. The minimum absolute atomic E-state index is 0.223. The van der Waals surface area contributed by atoms with E-state index in [2.05, 4.69) is 90.1 Å². The first-order valence-corrected chi connectivity index (χ1v) is 11.1. The molecule has 0 aromatic heterocycles. The summed E-state index contributed by atoms with van der Waals surface area (Å²) < 4.78 is 0. The fraction of sp³-hybridized carbons (Fsp3) is 0.455. The molecule has 0 N–H and O–H groups in total. The lowest BCUT2D eigenvalue weighted by Gasteiger charge is -2.20. The van der Waals surface area contributed by atoms with Gasteiger partial charge in [0.25, 0.3) is 0 Å². The van der Waals surface area contributed by atoms with Crippen LogP contribution in [-0.2, 0) is 22.3 Å². The predicted octanol–water partition coefficient (Wildman–Crippen LogP) is 7.36. The summed E-state index contributed by atoms with van der Waals surface area (Å²) in [7, 11) is 3.90. The van der Waals surface area contributed by atoms with Crippen molar-refractivity contribution >= 4 is 21.6 Å². The Morgan fingerprint density at radius 3 is 1.33 bits per heavy atom. The molecule has 2 heteroatoms. The van der Waals surface area contributed by atoms with Crippen molar-refractivity contribution in [1.82, 2.24) is 0 Å².